The maximum Gasteiger partial charge on any atom is 0.164 e. The number of aliphatic hydroxyl groups excluding tert-OH is 1. The number of aliphatic hydroxyl groups is 1. The van der Waals surface area contributed by atoms with E-state index in [1.165, 1.54) is 63.6 Å². The zero-order chi connectivity index (χ0) is 40.5. The summed E-state index contributed by atoms with van der Waals surface area (Å²) < 4.78 is 2.64. The van der Waals surface area contributed by atoms with Gasteiger partial charge in [-0.2, -0.15) is 0 Å². The van der Waals surface area contributed by atoms with Crippen molar-refractivity contribution >= 4 is 59.4 Å². The van der Waals surface area contributed by atoms with Crippen LogP contribution in [0.2, 0.25) is 0 Å². The normalized spacial score (nSPS) is 12.6. The van der Waals surface area contributed by atoms with E-state index in [-0.39, 0.29) is 47.9 Å². The number of fused-ring (bicyclic) bond motifs is 3. The molecule has 0 saturated heterocycles. The number of hydrogen-bond acceptors (Lipinski definition) is 5. The average Bonchev–Trinajstić information content (AvgIpc) is 3.67. The summed E-state index contributed by atoms with van der Waals surface area (Å²) in [5.74, 6) is 0.930. The fraction of sp³-hybridized carbons (Fsp3) is 0.440. The molecule has 1 N–H and O–H groups in total. The van der Waals surface area contributed by atoms with E-state index in [0.29, 0.717) is 5.92 Å². The minimum Gasteiger partial charge on any atom is -0.512 e. The number of benzene rings is 3. The van der Waals surface area contributed by atoms with E-state index in [1.54, 1.807) is 0 Å². The van der Waals surface area contributed by atoms with E-state index in [0.717, 1.165) is 48.7 Å². The number of thiophene rings is 2. The average molecular weight is 965 g/mol. The summed E-state index contributed by atoms with van der Waals surface area (Å²) in [6.45, 7) is 28.1. The Bertz CT molecular complexity index is 2340. The van der Waals surface area contributed by atoms with Crippen LogP contribution in [0.4, 0.5) is 0 Å². The van der Waals surface area contributed by atoms with Gasteiger partial charge in [0.1, 0.15) is 5.76 Å². The molecule has 56 heavy (non-hydrogen) atoms. The molecule has 1 radical (unpaired) electrons. The number of rotatable bonds is 11. The molecule has 6 rings (SSSR count). The summed E-state index contributed by atoms with van der Waals surface area (Å²) in [5, 5.41) is 15.3. The van der Waals surface area contributed by atoms with Gasteiger partial charge in [0.25, 0.3) is 0 Å². The predicted molar refractivity (Wildman–Crippen MR) is 242 cm³/mol. The second kappa shape index (κ2) is 18.2. The molecule has 3 aromatic carbocycles. The quantitative estimate of drug-likeness (QED) is 0.0800. The minimum absolute atomic E-state index is 0. The van der Waals surface area contributed by atoms with Gasteiger partial charge in [-0.05, 0) is 103 Å². The first-order valence-electron chi connectivity index (χ1n) is 20.2. The molecule has 0 amide bonds. The van der Waals surface area contributed by atoms with Gasteiger partial charge in [-0.25, -0.2) is 0 Å². The third kappa shape index (κ3) is 9.25. The van der Waals surface area contributed by atoms with Gasteiger partial charge in [-0.1, -0.05) is 111 Å². The van der Waals surface area contributed by atoms with Gasteiger partial charge in [0, 0.05) is 68.1 Å². The second-order valence-corrected chi connectivity index (χ2v) is 19.6. The number of carbonyl (C=O) groups is 1. The van der Waals surface area contributed by atoms with Crippen molar-refractivity contribution in [3.8, 4) is 21.7 Å². The number of carbonyl (C=O) groups excluding carboxylic acids is 1. The number of aryl methyl sites for hydroxylation is 2. The van der Waals surface area contributed by atoms with Crippen molar-refractivity contribution < 1.29 is 30.0 Å². The van der Waals surface area contributed by atoms with Gasteiger partial charge >= 0.3 is 0 Å². The standard InChI is InChI=1S/C35H34NS2.C15H28O2.Ir/c1-20(2)16-28-22(4)37-31-13-12-24(18-29(28)31)33-21(3)26-14-15-36-32(34(26)38-33)25-17-23-10-8-9-11-27(23)30(19-25)35(5,6)7;1-7-14(5,8-2)12(16)11-13(17)15(6,9-3)10-4;/h8-15,18-20H,16H2,1-7H3;11,16H,7-10H2,1-6H3;/q-1;;/b;12-11-;. The van der Waals surface area contributed by atoms with Gasteiger partial charge < -0.3 is 5.11 Å². The monoisotopic (exact) mass is 965 g/mol. The summed E-state index contributed by atoms with van der Waals surface area (Å²) in [7, 11) is 0. The molecule has 6 heteroatoms. The second-order valence-electron chi connectivity index (χ2n) is 17.4. The number of ketones is 1. The van der Waals surface area contributed by atoms with E-state index in [1.807, 2.05) is 70.4 Å². The molecule has 0 aliphatic carbocycles. The topological polar surface area (TPSA) is 50.2 Å². The maximum atomic E-state index is 12.2. The summed E-state index contributed by atoms with van der Waals surface area (Å²) in [6.07, 6.45) is 7.85. The number of hydrogen-bond donors (Lipinski definition) is 1. The van der Waals surface area contributed by atoms with E-state index < -0.39 is 0 Å². The fourth-order valence-electron chi connectivity index (χ4n) is 7.35. The van der Waals surface area contributed by atoms with E-state index in [9.17, 15) is 9.90 Å². The Labute approximate surface area is 358 Å². The summed E-state index contributed by atoms with van der Waals surface area (Å²) in [5.41, 5.74) is 7.03. The van der Waals surface area contributed by atoms with Gasteiger partial charge in [-0.3, -0.25) is 9.78 Å². The van der Waals surface area contributed by atoms with Crippen LogP contribution in [0.5, 0.6) is 0 Å². The summed E-state index contributed by atoms with van der Waals surface area (Å²) in [6, 6.07) is 23.9. The molecule has 3 heterocycles. The first-order chi connectivity index (χ1) is 25.9. The molecule has 0 saturated carbocycles. The molecule has 0 spiro atoms. The van der Waals surface area contributed by atoms with Crippen LogP contribution in [0, 0.1) is 36.7 Å². The Morgan fingerprint density at radius 2 is 1.48 bits per heavy atom. The minimum atomic E-state index is -0.337. The molecule has 0 aliphatic rings. The van der Waals surface area contributed by atoms with Gasteiger partial charge in [-0.15, -0.1) is 51.8 Å². The van der Waals surface area contributed by atoms with Gasteiger partial charge in [0.05, 0.1) is 0 Å². The van der Waals surface area contributed by atoms with Crippen molar-refractivity contribution in [1.29, 1.82) is 0 Å². The Morgan fingerprint density at radius 1 is 0.839 bits per heavy atom. The van der Waals surface area contributed by atoms with E-state index in [4.69, 9.17) is 4.98 Å². The van der Waals surface area contributed by atoms with Crippen LogP contribution in [0.3, 0.4) is 0 Å². The first kappa shape index (κ1) is 45.6. The van der Waals surface area contributed by atoms with Crippen LogP contribution in [-0.4, -0.2) is 15.9 Å². The van der Waals surface area contributed by atoms with Crippen molar-refractivity contribution in [3.05, 3.63) is 100 Å². The van der Waals surface area contributed by atoms with Crippen LogP contribution >= 0.6 is 22.7 Å². The van der Waals surface area contributed by atoms with Crippen molar-refractivity contribution in [1.82, 2.24) is 4.98 Å². The Hall–Kier alpha value is -3.15. The molecular formula is C50H62IrNO2S2-. The van der Waals surface area contributed by atoms with Crippen LogP contribution < -0.4 is 0 Å². The molecule has 0 unspecified atom stereocenters. The first-order valence-corrected chi connectivity index (χ1v) is 21.9. The third-order valence-electron chi connectivity index (χ3n) is 12.2. The smallest absolute Gasteiger partial charge is 0.164 e. The Morgan fingerprint density at radius 3 is 2.09 bits per heavy atom. The number of allylic oxidation sites excluding steroid dienone is 2. The maximum absolute atomic E-state index is 12.2. The largest absolute Gasteiger partial charge is 0.512 e. The van der Waals surface area contributed by atoms with E-state index >= 15 is 0 Å². The number of aromatic nitrogens is 1. The van der Waals surface area contributed by atoms with Crippen LogP contribution in [0.1, 0.15) is 123 Å². The molecule has 3 nitrogen and oxygen atoms in total. The van der Waals surface area contributed by atoms with Gasteiger partial charge in [0.15, 0.2) is 5.78 Å². The third-order valence-corrected chi connectivity index (χ3v) is 14.7. The Balaban J connectivity index is 0.000000330. The molecule has 6 aromatic rings. The molecule has 301 valence electrons. The summed E-state index contributed by atoms with van der Waals surface area (Å²) in [4.78, 5) is 19.9. The summed E-state index contributed by atoms with van der Waals surface area (Å²) >= 11 is 3.80. The van der Waals surface area contributed by atoms with E-state index in [2.05, 4.69) is 109 Å². The molecule has 0 atom stereocenters. The van der Waals surface area contributed by atoms with Crippen LogP contribution in [0.25, 0.3) is 52.6 Å². The zero-order valence-electron chi connectivity index (χ0n) is 35.9. The zero-order valence-corrected chi connectivity index (χ0v) is 39.9. The van der Waals surface area contributed by atoms with Crippen molar-refractivity contribution in [2.75, 3.05) is 0 Å². The number of nitrogens with zero attached hydrogens (tertiary/aromatic N) is 1. The van der Waals surface area contributed by atoms with Crippen molar-refractivity contribution in [3.63, 3.8) is 0 Å². The fourth-order valence-corrected chi connectivity index (χ4v) is 9.73. The molecule has 0 aliphatic heterocycles. The van der Waals surface area contributed by atoms with Crippen LogP contribution in [-0.2, 0) is 36.7 Å². The van der Waals surface area contributed by atoms with Crippen molar-refractivity contribution in [2.45, 2.75) is 128 Å². The molecule has 0 fully saturated rings. The number of pyridine rings is 1. The molecule has 0 bridgehead atoms. The van der Waals surface area contributed by atoms with Crippen molar-refractivity contribution in [2.24, 2.45) is 16.7 Å². The molecular weight excluding hydrogens is 903 g/mol. The molecule has 3 aromatic heterocycles. The van der Waals surface area contributed by atoms with Crippen LogP contribution in [0.15, 0.2) is 72.6 Å². The Kier molecular flexibility index (Phi) is 14.8. The predicted octanol–water partition coefficient (Wildman–Crippen LogP) is 15.6. The SMILES string of the molecule is CCC(C)(CC)C(=O)/C=C(\O)C(C)(CC)CC.Cc1sc2ccc(-c3sc4c(-c5[c-]c6ccccc6c(C(C)(C)C)c5)nccc4c3C)cc2c1CC(C)C.[Ir]. The van der Waals surface area contributed by atoms with Gasteiger partial charge in [0.2, 0.25) is 0 Å².